The van der Waals surface area contributed by atoms with Crippen LogP contribution < -0.4 is 5.32 Å². The molecule has 2 nitrogen and oxygen atoms in total. The third-order valence-corrected chi connectivity index (χ3v) is 4.29. The fourth-order valence-electron chi connectivity index (χ4n) is 3.12. The first-order valence-electron chi connectivity index (χ1n) is 6.17. The van der Waals surface area contributed by atoms with Crippen molar-refractivity contribution < 1.29 is 0 Å². The van der Waals surface area contributed by atoms with Gasteiger partial charge in [-0.25, -0.2) is 0 Å². The molecule has 2 aliphatic rings. The molecule has 82 valence electrons. The Bertz CT molecular complexity index is 185. The van der Waals surface area contributed by atoms with Crippen LogP contribution >= 0.6 is 0 Å². The number of nitrogens with one attached hydrogen (secondary N) is 1. The molecule has 1 unspecified atom stereocenters. The minimum Gasteiger partial charge on any atom is -0.316 e. The third-order valence-electron chi connectivity index (χ3n) is 4.29. The predicted octanol–water partition coefficient (Wildman–Crippen LogP) is 2.00. The molecular formula is C12H24N2. The zero-order chi connectivity index (χ0) is 10.0. The summed E-state index contributed by atoms with van der Waals surface area (Å²) < 4.78 is 0. The second kappa shape index (κ2) is 4.19. The molecule has 2 rings (SSSR count). The number of hydrogen-bond donors (Lipinski definition) is 1. The van der Waals surface area contributed by atoms with Crippen LogP contribution in [-0.2, 0) is 0 Å². The molecule has 0 radical (unpaired) electrons. The molecule has 1 aliphatic carbocycles. The molecule has 2 fully saturated rings. The van der Waals surface area contributed by atoms with Crippen LogP contribution in [0, 0.1) is 0 Å². The topological polar surface area (TPSA) is 15.3 Å². The maximum Gasteiger partial charge on any atom is 0.0204 e. The lowest BCUT2D eigenvalue weighted by atomic mass is 9.82. The van der Waals surface area contributed by atoms with Gasteiger partial charge in [0.15, 0.2) is 0 Å². The maximum atomic E-state index is 3.41. The minimum atomic E-state index is 0.532. The van der Waals surface area contributed by atoms with Crippen LogP contribution in [0.3, 0.4) is 0 Å². The lowest BCUT2D eigenvalue weighted by Gasteiger charge is -2.42. The highest BCUT2D eigenvalue weighted by atomic mass is 15.2. The van der Waals surface area contributed by atoms with E-state index in [-0.39, 0.29) is 0 Å². The summed E-state index contributed by atoms with van der Waals surface area (Å²) in [5, 5.41) is 3.41. The van der Waals surface area contributed by atoms with Gasteiger partial charge in [-0.2, -0.15) is 0 Å². The van der Waals surface area contributed by atoms with E-state index < -0.39 is 0 Å². The zero-order valence-corrected chi connectivity index (χ0v) is 9.68. The van der Waals surface area contributed by atoms with Crippen molar-refractivity contribution in [2.24, 2.45) is 0 Å². The quantitative estimate of drug-likeness (QED) is 0.727. The Labute approximate surface area is 88.1 Å². The van der Waals surface area contributed by atoms with Gasteiger partial charge in [0, 0.05) is 24.7 Å². The molecule has 1 aliphatic heterocycles. The van der Waals surface area contributed by atoms with E-state index in [9.17, 15) is 0 Å². The zero-order valence-electron chi connectivity index (χ0n) is 9.68. The standard InChI is InChI=1S/C12H24N2/c1-12(7-4-3-5-8-12)14-9-6-11(10-14)13-2/h11,13H,3-10H2,1-2H3. The van der Waals surface area contributed by atoms with Gasteiger partial charge >= 0.3 is 0 Å². The first-order valence-corrected chi connectivity index (χ1v) is 6.17. The molecule has 1 atom stereocenters. The lowest BCUT2D eigenvalue weighted by molar-refractivity contribution is 0.0889. The van der Waals surface area contributed by atoms with Crippen molar-refractivity contribution in [3.8, 4) is 0 Å². The fourth-order valence-corrected chi connectivity index (χ4v) is 3.12. The van der Waals surface area contributed by atoms with Crippen molar-refractivity contribution in [2.45, 2.75) is 57.0 Å². The summed E-state index contributed by atoms with van der Waals surface area (Å²) in [5.41, 5.74) is 0.532. The first kappa shape index (κ1) is 10.4. The van der Waals surface area contributed by atoms with Crippen LogP contribution in [0.1, 0.15) is 45.4 Å². The maximum absolute atomic E-state index is 3.41. The summed E-state index contributed by atoms with van der Waals surface area (Å²) in [6, 6.07) is 0.744. The van der Waals surface area contributed by atoms with E-state index in [0.717, 1.165) is 6.04 Å². The Morgan fingerprint density at radius 2 is 1.93 bits per heavy atom. The van der Waals surface area contributed by atoms with Crippen LogP contribution in [0.4, 0.5) is 0 Å². The molecule has 14 heavy (non-hydrogen) atoms. The van der Waals surface area contributed by atoms with Crippen LogP contribution in [-0.4, -0.2) is 36.6 Å². The Hall–Kier alpha value is -0.0800. The van der Waals surface area contributed by atoms with Crippen LogP contribution in [0.2, 0.25) is 0 Å². The molecule has 1 saturated heterocycles. The van der Waals surface area contributed by atoms with Gasteiger partial charge in [0.2, 0.25) is 0 Å². The number of nitrogens with zero attached hydrogens (tertiary/aromatic N) is 1. The molecule has 0 amide bonds. The Balaban J connectivity index is 1.93. The molecule has 0 aromatic rings. The monoisotopic (exact) mass is 196 g/mol. The van der Waals surface area contributed by atoms with Gasteiger partial charge in [-0.15, -0.1) is 0 Å². The van der Waals surface area contributed by atoms with Gasteiger partial charge in [0.25, 0.3) is 0 Å². The average molecular weight is 196 g/mol. The highest BCUT2D eigenvalue weighted by molar-refractivity contribution is 4.94. The number of hydrogen-bond acceptors (Lipinski definition) is 2. The van der Waals surface area contributed by atoms with E-state index in [4.69, 9.17) is 0 Å². The second-order valence-corrected chi connectivity index (χ2v) is 5.28. The summed E-state index contributed by atoms with van der Waals surface area (Å²) in [7, 11) is 2.09. The predicted molar refractivity (Wildman–Crippen MR) is 60.5 cm³/mol. The van der Waals surface area contributed by atoms with Crippen molar-refractivity contribution in [3.63, 3.8) is 0 Å². The van der Waals surface area contributed by atoms with Gasteiger partial charge in [0.1, 0.15) is 0 Å². The van der Waals surface area contributed by atoms with E-state index in [0.29, 0.717) is 5.54 Å². The summed E-state index contributed by atoms with van der Waals surface area (Å²) >= 11 is 0. The number of likely N-dealkylation sites (tertiary alicyclic amines) is 1. The lowest BCUT2D eigenvalue weighted by Crippen LogP contribution is -2.47. The molecule has 1 N–H and O–H groups in total. The highest BCUT2D eigenvalue weighted by Crippen LogP contribution is 2.35. The molecule has 2 heteroatoms. The van der Waals surface area contributed by atoms with Gasteiger partial charge < -0.3 is 5.32 Å². The number of likely N-dealkylation sites (N-methyl/N-ethyl adjacent to an activating group) is 1. The van der Waals surface area contributed by atoms with E-state index in [1.165, 1.54) is 51.6 Å². The molecule has 0 bridgehead atoms. The molecule has 0 aromatic carbocycles. The largest absolute Gasteiger partial charge is 0.316 e. The fraction of sp³-hybridized carbons (Fsp3) is 1.00. The van der Waals surface area contributed by atoms with E-state index in [1.807, 2.05) is 0 Å². The van der Waals surface area contributed by atoms with Crippen LogP contribution in [0.15, 0.2) is 0 Å². The third kappa shape index (κ3) is 1.96. The van der Waals surface area contributed by atoms with Crippen molar-refractivity contribution in [3.05, 3.63) is 0 Å². The first-order chi connectivity index (χ1) is 6.74. The van der Waals surface area contributed by atoms with E-state index in [1.54, 1.807) is 0 Å². The average Bonchev–Trinajstić information content (AvgIpc) is 2.67. The van der Waals surface area contributed by atoms with E-state index >= 15 is 0 Å². The van der Waals surface area contributed by atoms with Gasteiger partial charge in [-0.05, 0) is 33.2 Å². The summed E-state index contributed by atoms with van der Waals surface area (Å²) in [6.07, 6.45) is 8.52. The Morgan fingerprint density at radius 3 is 2.50 bits per heavy atom. The molecule has 1 saturated carbocycles. The van der Waals surface area contributed by atoms with Gasteiger partial charge in [-0.3, -0.25) is 4.90 Å². The normalized spacial score (nSPS) is 33.4. The SMILES string of the molecule is CNC1CCN(C2(C)CCCCC2)C1. The van der Waals surface area contributed by atoms with Crippen molar-refractivity contribution in [2.75, 3.05) is 20.1 Å². The highest BCUT2D eigenvalue weighted by Gasteiger charge is 2.36. The minimum absolute atomic E-state index is 0.532. The molecule has 1 heterocycles. The van der Waals surface area contributed by atoms with Gasteiger partial charge in [0.05, 0.1) is 0 Å². The number of rotatable bonds is 2. The summed E-state index contributed by atoms with van der Waals surface area (Å²) in [5.74, 6) is 0. The van der Waals surface area contributed by atoms with Crippen LogP contribution in [0.25, 0.3) is 0 Å². The Kier molecular flexibility index (Phi) is 3.13. The summed E-state index contributed by atoms with van der Waals surface area (Å²) in [6.45, 7) is 5.05. The van der Waals surface area contributed by atoms with Crippen LogP contribution in [0.5, 0.6) is 0 Å². The summed E-state index contributed by atoms with van der Waals surface area (Å²) in [4.78, 5) is 2.73. The van der Waals surface area contributed by atoms with Crippen molar-refractivity contribution in [1.29, 1.82) is 0 Å². The van der Waals surface area contributed by atoms with Crippen molar-refractivity contribution in [1.82, 2.24) is 10.2 Å². The smallest absolute Gasteiger partial charge is 0.0204 e. The van der Waals surface area contributed by atoms with E-state index in [2.05, 4.69) is 24.2 Å². The molecule has 0 aromatic heterocycles. The second-order valence-electron chi connectivity index (χ2n) is 5.28. The molecule has 0 spiro atoms. The molecular weight excluding hydrogens is 172 g/mol. The Morgan fingerprint density at radius 1 is 1.21 bits per heavy atom. The van der Waals surface area contributed by atoms with Gasteiger partial charge in [-0.1, -0.05) is 19.3 Å². The van der Waals surface area contributed by atoms with Crippen molar-refractivity contribution >= 4 is 0 Å².